The van der Waals surface area contributed by atoms with Gasteiger partial charge in [-0.05, 0) is 5.41 Å². The zero-order chi connectivity index (χ0) is 11.5. The van der Waals surface area contributed by atoms with Crippen LogP contribution < -0.4 is 0 Å². The van der Waals surface area contributed by atoms with Gasteiger partial charge in [-0.1, -0.05) is 19.9 Å². The lowest BCUT2D eigenvalue weighted by atomic mass is 9.72. The molecular formula is C12H17NO2. The van der Waals surface area contributed by atoms with Gasteiger partial charge >= 0.3 is 0 Å². The summed E-state index contributed by atoms with van der Waals surface area (Å²) < 4.78 is 0. The molecule has 0 aliphatic heterocycles. The first-order valence-corrected chi connectivity index (χ1v) is 5.12. The average molecular weight is 207 g/mol. The largest absolute Gasteiger partial charge is 0.298 e. The van der Waals surface area contributed by atoms with E-state index >= 15 is 0 Å². The minimum Gasteiger partial charge on any atom is -0.298 e. The van der Waals surface area contributed by atoms with Crippen LogP contribution in [-0.2, 0) is 9.59 Å². The van der Waals surface area contributed by atoms with E-state index in [9.17, 15) is 9.59 Å². The lowest BCUT2D eigenvalue weighted by Gasteiger charge is -2.30. The fourth-order valence-corrected chi connectivity index (χ4v) is 1.81. The molecule has 0 amide bonds. The zero-order valence-corrected chi connectivity index (χ0v) is 9.32. The first-order valence-electron chi connectivity index (χ1n) is 5.12. The van der Waals surface area contributed by atoms with Crippen molar-refractivity contribution in [1.29, 1.82) is 0 Å². The molecule has 3 nitrogen and oxygen atoms in total. The molecule has 0 radical (unpaired) electrons. The molecule has 0 heterocycles. The van der Waals surface area contributed by atoms with Gasteiger partial charge in [0.25, 0.3) is 0 Å². The Hall–Kier alpha value is -1.25. The summed E-state index contributed by atoms with van der Waals surface area (Å²) >= 11 is 0. The van der Waals surface area contributed by atoms with E-state index in [1.165, 1.54) is 6.21 Å². The van der Waals surface area contributed by atoms with Crippen molar-refractivity contribution in [2.45, 2.75) is 26.7 Å². The number of ketones is 2. The van der Waals surface area contributed by atoms with Crippen LogP contribution in [0.25, 0.3) is 0 Å². The maximum atomic E-state index is 11.7. The van der Waals surface area contributed by atoms with Crippen molar-refractivity contribution in [3.05, 3.63) is 12.7 Å². The fourth-order valence-electron chi connectivity index (χ4n) is 1.81. The first kappa shape index (κ1) is 11.8. The molecule has 1 aliphatic rings. The van der Waals surface area contributed by atoms with Crippen LogP contribution in [0.1, 0.15) is 26.7 Å². The Bertz CT molecular complexity index is 296. The number of rotatable bonds is 3. The summed E-state index contributed by atoms with van der Waals surface area (Å²) in [5.41, 5.74) is -0.184. The highest BCUT2D eigenvalue weighted by molar-refractivity contribution is 6.16. The second-order valence-corrected chi connectivity index (χ2v) is 4.73. The SMILES string of the molecule is C=CCN=CC1C(=O)CC(C)(C)CC1=O. The third kappa shape index (κ3) is 3.11. The van der Waals surface area contributed by atoms with Crippen LogP contribution in [-0.4, -0.2) is 24.3 Å². The van der Waals surface area contributed by atoms with Gasteiger partial charge in [-0.25, -0.2) is 0 Å². The summed E-state index contributed by atoms with van der Waals surface area (Å²) in [5.74, 6) is -0.633. The second-order valence-electron chi connectivity index (χ2n) is 4.73. The van der Waals surface area contributed by atoms with Crippen LogP contribution in [0.15, 0.2) is 17.6 Å². The van der Waals surface area contributed by atoms with Crippen LogP contribution in [0.2, 0.25) is 0 Å². The van der Waals surface area contributed by atoms with E-state index in [4.69, 9.17) is 0 Å². The molecule has 0 unspecified atom stereocenters. The number of Topliss-reactive ketones (excluding diaryl/α,β-unsaturated/α-hetero) is 2. The van der Waals surface area contributed by atoms with Crippen LogP contribution in [0, 0.1) is 11.3 Å². The minimum atomic E-state index is -0.613. The van der Waals surface area contributed by atoms with E-state index in [2.05, 4.69) is 11.6 Å². The van der Waals surface area contributed by atoms with E-state index < -0.39 is 5.92 Å². The van der Waals surface area contributed by atoms with Gasteiger partial charge in [0.15, 0.2) is 0 Å². The third-order valence-electron chi connectivity index (χ3n) is 2.49. The van der Waals surface area contributed by atoms with Gasteiger partial charge in [0.05, 0.1) is 6.54 Å². The zero-order valence-electron chi connectivity index (χ0n) is 9.32. The molecule has 0 aromatic carbocycles. The molecule has 82 valence electrons. The van der Waals surface area contributed by atoms with E-state index in [-0.39, 0.29) is 17.0 Å². The van der Waals surface area contributed by atoms with E-state index in [1.54, 1.807) is 6.08 Å². The number of hydrogen-bond donors (Lipinski definition) is 0. The summed E-state index contributed by atoms with van der Waals surface area (Å²) in [4.78, 5) is 27.3. The van der Waals surface area contributed by atoms with Crippen molar-refractivity contribution in [3.8, 4) is 0 Å². The van der Waals surface area contributed by atoms with Gasteiger partial charge in [0.2, 0.25) is 0 Å². The maximum Gasteiger partial charge on any atom is 0.149 e. The lowest BCUT2D eigenvalue weighted by Crippen LogP contribution is -2.38. The summed E-state index contributed by atoms with van der Waals surface area (Å²) in [7, 11) is 0. The Morgan fingerprint density at radius 2 is 1.93 bits per heavy atom. The number of carbonyl (C=O) groups is 2. The topological polar surface area (TPSA) is 46.5 Å². The van der Waals surface area contributed by atoms with Crippen LogP contribution >= 0.6 is 0 Å². The standard InChI is InChI=1S/C12H17NO2/c1-4-5-13-8-9-10(14)6-12(2,3)7-11(9)15/h4,8-9H,1,5-7H2,2-3H3. The van der Waals surface area contributed by atoms with Gasteiger partial charge < -0.3 is 0 Å². The van der Waals surface area contributed by atoms with E-state index in [0.717, 1.165) is 0 Å². The molecule has 1 aliphatic carbocycles. The monoisotopic (exact) mass is 207 g/mol. The first-order chi connectivity index (χ1) is 6.96. The van der Waals surface area contributed by atoms with Crippen molar-refractivity contribution in [1.82, 2.24) is 0 Å². The predicted molar refractivity (Wildman–Crippen MR) is 60.1 cm³/mol. The second kappa shape index (κ2) is 4.51. The van der Waals surface area contributed by atoms with Gasteiger partial charge in [-0.15, -0.1) is 6.58 Å². The van der Waals surface area contributed by atoms with Gasteiger partial charge in [0.1, 0.15) is 17.5 Å². The number of nitrogens with zero attached hydrogens (tertiary/aromatic N) is 1. The van der Waals surface area contributed by atoms with Crippen molar-refractivity contribution in [2.75, 3.05) is 6.54 Å². The average Bonchev–Trinajstić information content (AvgIpc) is 2.08. The molecule has 0 saturated heterocycles. The van der Waals surface area contributed by atoms with Crippen molar-refractivity contribution in [2.24, 2.45) is 16.3 Å². The van der Waals surface area contributed by atoms with E-state index in [1.807, 2.05) is 13.8 Å². The Labute approximate surface area is 90.3 Å². The van der Waals surface area contributed by atoms with Crippen molar-refractivity contribution >= 4 is 17.8 Å². The molecule has 0 aromatic rings. The summed E-state index contributed by atoms with van der Waals surface area (Å²) in [5, 5.41) is 0. The molecule has 0 aromatic heterocycles. The highest BCUT2D eigenvalue weighted by Gasteiger charge is 2.38. The highest BCUT2D eigenvalue weighted by atomic mass is 16.2. The van der Waals surface area contributed by atoms with Crippen molar-refractivity contribution < 1.29 is 9.59 Å². The van der Waals surface area contributed by atoms with Gasteiger partial charge in [-0.3, -0.25) is 14.6 Å². The Kier molecular flexibility index (Phi) is 3.56. The summed E-state index contributed by atoms with van der Waals surface area (Å²) in [6.45, 7) is 7.87. The molecule has 1 saturated carbocycles. The predicted octanol–water partition coefficient (Wildman–Crippen LogP) is 1.82. The molecular weight excluding hydrogens is 190 g/mol. The summed E-state index contributed by atoms with van der Waals surface area (Å²) in [6, 6.07) is 0. The van der Waals surface area contributed by atoms with Crippen LogP contribution in [0.5, 0.6) is 0 Å². The molecule has 1 fully saturated rings. The molecule has 1 rings (SSSR count). The van der Waals surface area contributed by atoms with Crippen LogP contribution in [0.3, 0.4) is 0 Å². The normalized spacial score (nSPS) is 22.3. The highest BCUT2D eigenvalue weighted by Crippen LogP contribution is 2.33. The molecule has 0 N–H and O–H groups in total. The smallest absolute Gasteiger partial charge is 0.149 e. The van der Waals surface area contributed by atoms with Crippen molar-refractivity contribution in [3.63, 3.8) is 0 Å². The van der Waals surface area contributed by atoms with Gasteiger partial charge in [-0.2, -0.15) is 0 Å². The molecule has 0 atom stereocenters. The lowest BCUT2D eigenvalue weighted by molar-refractivity contribution is -0.136. The molecule has 0 bridgehead atoms. The van der Waals surface area contributed by atoms with Gasteiger partial charge in [0, 0.05) is 19.1 Å². The fraction of sp³-hybridized carbons (Fsp3) is 0.583. The Morgan fingerprint density at radius 1 is 1.40 bits per heavy atom. The number of carbonyl (C=O) groups excluding carboxylic acids is 2. The quantitative estimate of drug-likeness (QED) is 0.402. The molecule has 3 heteroatoms. The summed E-state index contributed by atoms with van der Waals surface area (Å²) in [6.07, 6.45) is 4.03. The number of hydrogen-bond acceptors (Lipinski definition) is 3. The maximum absolute atomic E-state index is 11.7. The third-order valence-corrected chi connectivity index (χ3v) is 2.49. The van der Waals surface area contributed by atoms with Crippen LogP contribution in [0.4, 0.5) is 0 Å². The number of aliphatic imine (C=N–C) groups is 1. The Balaban J connectivity index is 2.71. The van der Waals surface area contributed by atoms with E-state index in [0.29, 0.717) is 19.4 Å². The molecule has 0 spiro atoms. The molecule has 15 heavy (non-hydrogen) atoms. The Morgan fingerprint density at radius 3 is 2.40 bits per heavy atom. The minimum absolute atomic E-state index is 0.0101.